The van der Waals surface area contributed by atoms with Gasteiger partial charge in [0.25, 0.3) is 11.5 Å². The number of aryl methyl sites for hydroxylation is 1. The maximum absolute atomic E-state index is 13.3. The number of amides is 1. The zero-order chi connectivity index (χ0) is 22.5. The number of carbonyl (C=O) groups excluding carboxylic acids is 1. The van der Waals surface area contributed by atoms with Crippen LogP contribution in [-0.4, -0.2) is 40.8 Å². The average Bonchev–Trinajstić information content (AvgIpc) is 2.81. The number of nitrogens with zero attached hydrogens (tertiary/aromatic N) is 3. The van der Waals surface area contributed by atoms with Crippen LogP contribution in [-0.2, 0) is 6.54 Å². The first-order chi connectivity index (χ1) is 15.5. The number of ether oxygens (including phenoxy) is 1. The van der Waals surface area contributed by atoms with E-state index in [0.29, 0.717) is 30.5 Å². The van der Waals surface area contributed by atoms with Crippen molar-refractivity contribution in [2.75, 3.05) is 20.2 Å². The molecule has 0 fully saturated rings. The fraction of sp³-hybridized carbons (Fsp3) is 0.192. The normalized spacial score (nSPS) is 10.8. The SMILES string of the molecule is Cc1cccc(OCCN(C)C(=O)c2nn(Cc3ccccc3)c(=O)c3ccccc23)c1. The second-order valence-electron chi connectivity index (χ2n) is 7.73. The third kappa shape index (κ3) is 4.70. The Morgan fingerprint density at radius 2 is 1.69 bits per heavy atom. The van der Waals surface area contributed by atoms with Gasteiger partial charge in [0.05, 0.1) is 18.5 Å². The zero-order valence-corrected chi connectivity index (χ0v) is 18.2. The minimum atomic E-state index is -0.254. The van der Waals surface area contributed by atoms with Crippen LogP contribution in [0.5, 0.6) is 5.75 Å². The van der Waals surface area contributed by atoms with Gasteiger partial charge in [-0.2, -0.15) is 5.10 Å². The Morgan fingerprint density at radius 3 is 2.44 bits per heavy atom. The van der Waals surface area contributed by atoms with Gasteiger partial charge < -0.3 is 9.64 Å². The quantitative estimate of drug-likeness (QED) is 0.449. The second kappa shape index (κ2) is 9.47. The van der Waals surface area contributed by atoms with E-state index >= 15 is 0 Å². The van der Waals surface area contributed by atoms with E-state index in [0.717, 1.165) is 16.9 Å². The Kier molecular flexibility index (Phi) is 6.31. The Labute approximate surface area is 186 Å². The maximum Gasteiger partial charge on any atom is 0.274 e. The predicted octanol–water partition coefficient (Wildman–Crippen LogP) is 3.90. The molecule has 3 aromatic carbocycles. The summed E-state index contributed by atoms with van der Waals surface area (Å²) >= 11 is 0. The summed E-state index contributed by atoms with van der Waals surface area (Å²) in [6.07, 6.45) is 0. The molecule has 0 saturated carbocycles. The Hall–Kier alpha value is -3.93. The van der Waals surface area contributed by atoms with Gasteiger partial charge >= 0.3 is 0 Å². The highest BCUT2D eigenvalue weighted by atomic mass is 16.5. The smallest absolute Gasteiger partial charge is 0.274 e. The van der Waals surface area contributed by atoms with Crippen molar-refractivity contribution in [2.24, 2.45) is 0 Å². The van der Waals surface area contributed by atoms with Crippen LogP contribution in [0.15, 0.2) is 83.7 Å². The molecule has 1 heterocycles. The van der Waals surface area contributed by atoms with Gasteiger partial charge in [0, 0.05) is 12.4 Å². The molecule has 0 spiro atoms. The lowest BCUT2D eigenvalue weighted by molar-refractivity contribution is 0.0767. The van der Waals surface area contributed by atoms with Crippen molar-refractivity contribution in [3.63, 3.8) is 0 Å². The Balaban J connectivity index is 1.58. The van der Waals surface area contributed by atoms with Crippen LogP contribution >= 0.6 is 0 Å². The first kappa shape index (κ1) is 21.3. The third-order valence-corrected chi connectivity index (χ3v) is 5.28. The van der Waals surface area contributed by atoms with E-state index in [4.69, 9.17) is 4.74 Å². The summed E-state index contributed by atoms with van der Waals surface area (Å²) in [6.45, 7) is 3.04. The molecule has 0 saturated heterocycles. The van der Waals surface area contributed by atoms with Gasteiger partial charge in [-0.3, -0.25) is 9.59 Å². The van der Waals surface area contributed by atoms with E-state index in [1.165, 1.54) is 4.68 Å². The first-order valence-electron chi connectivity index (χ1n) is 10.5. The first-order valence-corrected chi connectivity index (χ1v) is 10.5. The zero-order valence-electron chi connectivity index (χ0n) is 18.2. The van der Waals surface area contributed by atoms with Gasteiger partial charge in [-0.05, 0) is 36.2 Å². The largest absolute Gasteiger partial charge is 0.492 e. The minimum absolute atomic E-state index is 0.216. The molecule has 162 valence electrons. The highest BCUT2D eigenvalue weighted by molar-refractivity contribution is 6.04. The summed E-state index contributed by atoms with van der Waals surface area (Å²) in [5, 5.41) is 5.50. The lowest BCUT2D eigenvalue weighted by Gasteiger charge is -2.19. The molecule has 0 aliphatic rings. The lowest BCUT2D eigenvalue weighted by atomic mass is 10.1. The lowest BCUT2D eigenvalue weighted by Crippen LogP contribution is -2.34. The van der Waals surface area contributed by atoms with Crippen molar-refractivity contribution in [3.8, 4) is 5.75 Å². The number of benzene rings is 3. The maximum atomic E-state index is 13.3. The van der Waals surface area contributed by atoms with Crippen molar-refractivity contribution in [1.82, 2.24) is 14.7 Å². The number of hydrogen-bond acceptors (Lipinski definition) is 4. The summed E-state index contributed by atoms with van der Waals surface area (Å²) in [5.41, 5.74) is 2.10. The molecule has 6 nitrogen and oxygen atoms in total. The van der Waals surface area contributed by atoms with E-state index < -0.39 is 0 Å². The van der Waals surface area contributed by atoms with Gasteiger partial charge in [-0.1, -0.05) is 60.7 Å². The molecule has 0 aliphatic heterocycles. The number of aromatic nitrogens is 2. The summed E-state index contributed by atoms with van der Waals surface area (Å²) in [5.74, 6) is 0.515. The van der Waals surface area contributed by atoms with E-state index in [1.54, 1.807) is 30.1 Å². The van der Waals surface area contributed by atoms with Crippen LogP contribution in [0.3, 0.4) is 0 Å². The number of fused-ring (bicyclic) bond motifs is 1. The molecule has 4 rings (SSSR count). The molecule has 6 heteroatoms. The molecular formula is C26H25N3O3. The predicted molar refractivity (Wildman–Crippen MR) is 125 cm³/mol. The van der Waals surface area contributed by atoms with Crippen LogP contribution in [0, 0.1) is 6.92 Å². The van der Waals surface area contributed by atoms with Crippen LogP contribution in [0.4, 0.5) is 0 Å². The van der Waals surface area contributed by atoms with Gasteiger partial charge in [0.2, 0.25) is 0 Å². The molecule has 32 heavy (non-hydrogen) atoms. The van der Waals surface area contributed by atoms with Crippen molar-refractivity contribution in [3.05, 3.63) is 106 Å². The van der Waals surface area contributed by atoms with Crippen LogP contribution < -0.4 is 10.3 Å². The minimum Gasteiger partial charge on any atom is -0.492 e. The number of carbonyl (C=O) groups is 1. The molecule has 0 N–H and O–H groups in total. The van der Waals surface area contributed by atoms with E-state index in [9.17, 15) is 9.59 Å². The monoisotopic (exact) mass is 427 g/mol. The fourth-order valence-corrected chi connectivity index (χ4v) is 3.54. The number of hydrogen-bond donors (Lipinski definition) is 0. The molecular weight excluding hydrogens is 402 g/mol. The van der Waals surface area contributed by atoms with Crippen molar-refractivity contribution in [1.29, 1.82) is 0 Å². The molecule has 0 radical (unpaired) electrons. The molecule has 1 aromatic heterocycles. The molecule has 1 amide bonds. The van der Waals surface area contributed by atoms with Crippen molar-refractivity contribution < 1.29 is 9.53 Å². The summed E-state index contributed by atoms with van der Waals surface area (Å²) in [7, 11) is 1.71. The van der Waals surface area contributed by atoms with E-state index in [2.05, 4.69) is 5.10 Å². The third-order valence-electron chi connectivity index (χ3n) is 5.28. The summed E-state index contributed by atoms with van der Waals surface area (Å²) in [6, 6.07) is 24.5. The van der Waals surface area contributed by atoms with Gasteiger partial charge in [0.15, 0.2) is 5.69 Å². The molecule has 0 unspecified atom stereocenters. The van der Waals surface area contributed by atoms with E-state index in [-0.39, 0.29) is 17.2 Å². The van der Waals surface area contributed by atoms with Gasteiger partial charge in [-0.25, -0.2) is 4.68 Å². The van der Waals surface area contributed by atoms with Crippen LogP contribution in [0.25, 0.3) is 10.8 Å². The summed E-state index contributed by atoms with van der Waals surface area (Å²) in [4.78, 5) is 27.8. The van der Waals surface area contributed by atoms with Gasteiger partial charge in [0.1, 0.15) is 12.4 Å². The topological polar surface area (TPSA) is 64.4 Å². The average molecular weight is 428 g/mol. The van der Waals surface area contributed by atoms with Crippen LogP contribution in [0.1, 0.15) is 21.6 Å². The van der Waals surface area contributed by atoms with Crippen LogP contribution in [0.2, 0.25) is 0 Å². The van der Waals surface area contributed by atoms with E-state index in [1.807, 2.05) is 67.6 Å². The molecule has 0 atom stereocenters. The Morgan fingerprint density at radius 1 is 0.969 bits per heavy atom. The summed E-state index contributed by atoms with van der Waals surface area (Å²) < 4.78 is 7.15. The van der Waals surface area contributed by atoms with Crippen molar-refractivity contribution >= 4 is 16.7 Å². The number of likely N-dealkylation sites (N-methyl/N-ethyl adjacent to an activating group) is 1. The number of rotatable bonds is 7. The second-order valence-corrected chi connectivity index (χ2v) is 7.73. The molecule has 0 aliphatic carbocycles. The molecule has 4 aromatic rings. The van der Waals surface area contributed by atoms with Crippen molar-refractivity contribution in [2.45, 2.75) is 13.5 Å². The standard InChI is InChI=1S/C26H25N3O3/c1-19-9-8-12-21(17-19)32-16-15-28(2)26(31)24-22-13-6-7-14-23(22)25(30)29(27-24)18-20-10-4-3-5-11-20/h3-14,17H,15-16,18H2,1-2H3. The molecule has 0 bridgehead atoms. The Bertz CT molecular complexity index is 1300. The highest BCUT2D eigenvalue weighted by Crippen LogP contribution is 2.16. The highest BCUT2D eigenvalue weighted by Gasteiger charge is 2.20. The van der Waals surface area contributed by atoms with Gasteiger partial charge in [-0.15, -0.1) is 0 Å². The fourth-order valence-electron chi connectivity index (χ4n) is 3.54.